The first-order valence-electron chi connectivity index (χ1n) is 7.30. The summed E-state index contributed by atoms with van der Waals surface area (Å²) in [6.45, 7) is 7.46. The molecule has 0 atom stereocenters. The van der Waals surface area contributed by atoms with Gasteiger partial charge in [-0.15, -0.1) is 0 Å². The number of amides is 2. The molecule has 1 heterocycles. The van der Waals surface area contributed by atoms with E-state index in [1.165, 1.54) is 0 Å². The minimum absolute atomic E-state index is 0.0250. The summed E-state index contributed by atoms with van der Waals surface area (Å²) >= 11 is 0. The minimum Gasteiger partial charge on any atom is -0.385 e. The van der Waals surface area contributed by atoms with E-state index in [0.29, 0.717) is 18.7 Å². The van der Waals surface area contributed by atoms with Gasteiger partial charge in [-0.05, 0) is 32.9 Å². The van der Waals surface area contributed by atoms with Crippen molar-refractivity contribution in [2.75, 3.05) is 32.0 Å². The molecule has 1 aliphatic heterocycles. The number of anilines is 1. The zero-order valence-electron chi connectivity index (χ0n) is 13.1. The Morgan fingerprint density at radius 2 is 1.95 bits per heavy atom. The van der Waals surface area contributed by atoms with Crippen molar-refractivity contribution in [1.82, 2.24) is 9.80 Å². The molecule has 0 aliphatic carbocycles. The van der Waals surface area contributed by atoms with Crippen LogP contribution in [0.25, 0.3) is 0 Å². The third-order valence-corrected chi connectivity index (χ3v) is 3.97. The van der Waals surface area contributed by atoms with Crippen molar-refractivity contribution in [2.45, 2.75) is 26.3 Å². The number of hydrogen-bond acceptors (Lipinski definition) is 3. The second-order valence-corrected chi connectivity index (χ2v) is 5.82. The van der Waals surface area contributed by atoms with E-state index in [-0.39, 0.29) is 11.8 Å². The lowest BCUT2D eigenvalue weighted by Crippen LogP contribution is -2.63. The summed E-state index contributed by atoms with van der Waals surface area (Å²) in [6.07, 6.45) is 0. The molecular weight excluding hydrogens is 266 g/mol. The highest BCUT2D eigenvalue weighted by Gasteiger charge is 2.43. The van der Waals surface area contributed by atoms with Crippen LogP contribution in [0, 0.1) is 0 Å². The van der Waals surface area contributed by atoms with Crippen molar-refractivity contribution in [3.05, 3.63) is 29.8 Å². The summed E-state index contributed by atoms with van der Waals surface area (Å²) in [6, 6.07) is 7.44. The molecule has 0 saturated carbocycles. The van der Waals surface area contributed by atoms with Crippen LogP contribution < -0.4 is 5.32 Å². The zero-order valence-corrected chi connectivity index (χ0v) is 13.1. The van der Waals surface area contributed by atoms with Gasteiger partial charge in [0.05, 0.1) is 5.56 Å². The van der Waals surface area contributed by atoms with Crippen molar-refractivity contribution < 1.29 is 9.59 Å². The van der Waals surface area contributed by atoms with Crippen LogP contribution in [0.2, 0.25) is 0 Å². The topological polar surface area (TPSA) is 52.7 Å². The van der Waals surface area contributed by atoms with Crippen molar-refractivity contribution in [1.29, 1.82) is 0 Å². The Labute approximate surface area is 125 Å². The number of rotatable bonds is 3. The van der Waals surface area contributed by atoms with E-state index in [1.807, 2.05) is 25.1 Å². The van der Waals surface area contributed by atoms with Crippen molar-refractivity contribution in [3.8, 4) is 0 Å². The predicted molar refractivity (Wildman–Crippen MR) is 83.4 cm³/mol. The fourth-order valence-corrected chi connectivity index (χ4v) is 2.73. The van der Waals surface area contributed by atoms with E-state index in [1.54, 1.807) is 36.8 Å². The van der Waals surface area contributed by atoms with Crippen LogP contribution in [0.5, 0.6) is 0 Å². The van der Waals surface area contributed by atoms with E-state index in [0.717, 1.165) is 12.2 Å². The lowest BCUT2D eigenvalue weighted by atomic mass is 9.96. The number of piperazine rings is 1. The normalized spacial score (nSPS) is 17.8. The highest BCUT2D eigenvalue weighted by molar-refractivity contribution is 6.03. The number of nitrogens with one attached hydrogen (secondary N) is 1. The van der Waals surface area contributed by atoms with Crippen LogP contribution in [-0.2, 0) is 4.79 Å². The maximum absolute atomic E-state index is 12.9. The van der Waals surface area contributed by atoms with Crippen molar-refractivity contribution >= 4 is 17.5 Å². The predicted octanol–water partition coefficient (Wildman–Crippen LogP) is 1.81. The molecule has 1 fully saturated rings. The lowest BCUT2D eigenvalue weighted by Gasteiger charge is -2.44. The van der Waals surface area contributed by atoms with Crippen LogP contribution in [-0.4, -0.2) is 53.8 Å². The number of carbonyl (C=O) groups excluding carboxylic acids is 2. The Morgan fingerprint density at radius 3 is 2.62 bits per heavy atom. The van der Waals surface area contributed by atoms with Gasteiger partial charge in [0.1, 0.15) is 5.54 Å². The highest BCUT2D eigenvalue weighted by atomic mass is 16.2. The molecule has 2 amide bonds. The zero-order chi connectivity index (χ0) is 15.6. The van der Waals surface area contributed by atoms with Gasteiger partial charge < -0.3 is 15.1 Å². The SMILES string of the molecule is CCNc1ccccc1C(=O)N1CCN(C)C(=O)C1(C)C. The standard InChI is InChI=1S/C16H23N3O2/c1-5-17-13-9-7-6-8-12(13)14(20)19-11-10-18(4)15(21)16(19,2)3/h6-9,17H,5,10-11H2,1-4H3. The molecule has 2 rings (SSSR count). The Bertz CT molecular complexity index is 554. The van der Waals surface area contributed by atoms with E-state index >= 15 is 0 Å². The minimum atomic E-state index is -0.816. The van der Waals surface area contributed by atoms with Crippen LogP contribution in [0.4, 0.5) is 5.69 Å². The fraction of sp³-hybridized carbons (Fsp3) is 0.500. The number of nitrogens with zero attached hydrogens (tertiary/aromatic N) is 2. The van der Waals surface area contributed by atoms with Gasteiger partial charge in [0.25, 0.3) is 5.91 Å². The summed E-state index contributed by atoms with van der Waals surface area (Å²) in [7, 11) is 1.78. The monoisotopic (exact) mass is 289 g/mol. The molecule has 0 unspecified atom stereocenters. The molecule has 1 aliphatic rings. The Balaban J connectivity index is 2.34. The Morgan fingerprint density at radius 1 is 1.29 bits per heavy atom. The highest BCUT2D eigenvalue weighted by Crippen LogP contribution is 2.26. The van der Waals surface area contributed by atoms with Gasteiger partial charge in [-0.1, -0.05) is 12.1 Å². The first-order valence-corrected chi connectivity index (χ1v) is 7.30. The third-order valence-electron chi connectivity index (χ3n) is 3.97. The van der Waals surface area contributed by atoms with Crippen LogP contribution in [0.3, 0.4) is 0 Å². The molecule has 0 aromatic heterocycles. The average molecular weight is 289 g/mol. The van der Waals surface area contributed by atoms with Crippen LogP contribution in [0.1, 0.15) is 31.1 Å². The molecule has 0 radical (unpaired) electrons. The molecule has 5 nitrogen and oxygen atoms in total. The van der Waals surface area contributed by atoms with Gasteiger partial charge in [0, 0.05) is 32.4 Å². The molecule has 0 bridgehead atoms. The average Bonchev–Trinajstić information content (AvgIpc) is 2.45. The maximum Gasteiger partial charge on any atom is 0.256 e. The number of carbonyl (C=O) groups is 2. The smallest absolute Gasteiger partial charge is 0.256 e. The quantitative estimate of drug-likeness (QED) is 0.923. The van der Waals surface area contributed by atoms with Gasteiger partial charge in [-0.3, -0.25) is 9.59 Å². The van der Waals surface area contributed by atoms with E-state index in [9.17, 15) is 9.59 Å². The molecule has 1 N–H and O–H groups in total. The second kappa shape index (κ2) is 5.76. The van der Waals surface area contributed by atoms with E-state index < -0.39 is 5.54 Å². The summed E-state index contributed by atoms with van der Waals surface area (Å²) in [5.74, 6) is -0.124. The van der Waals surface area contributed by atoms with Gasteiger partial charge in [-0.2, -0.15) is 0 Å². The third kappa shape index (κ3) is 2.73. The largest absolute Gasteiger partial charge is 0.385 e. The summed E-state index contributed by atoms with van der Waals surface area (Å²) in [4.78, 5) is 28.6. The summed E-state index contributed by atoms with van der Waals surface area (Å²) < 4.78 is 0. The molecule has 21 heavy (non-hydrogen) atoms. The maximum atomic E-state index is 12.9. The van der Waals surface area contributed by atoms with Crippen LogP contribution >= 0.6 is 0 Å². The summed E-state index contributed by atoms with van der Waals surface area (Å²) in [5, 5.41) is 3.20. The van der Waals surface area contributed by atoms with Crippen molar-refractivity contribution in [2.24, 2.45) is 0 Å². The summed E-state index contributed by atoms with van der Waals surface area (Å²) in [5.41, 5.74) is 0.612. The van der Waals surface area contributed by atoms with E-state index in [2.05, 4.69) is 5.32 Å². The molecule has 1 saturated heterocycles. The molecule has 0 spiro atoms. The number of para-hydroxylation sites is 1. The number of benzene rings is 1. The van der Waals surface area contributed by atoms with Crippen LogP contribution in [0.15, 0.2) is 24.3 Å². The van der Waals surface area contributed by atoms with Gasteiger partial charge >= 0.3 is 0 Å². The first kappa shape index (κ1) is 15.4. The van der Waals surface area contributed by atoms with E-state index in [4.69, 9.17) is 0 Å². The molecule has 114 valence electrons. The lowest BCUT2D eigenvalue weighted by molar-refractivity contribution is -0.144. The van der Waals surface area contributed by atoms with Gasteiger partial charge in [0.2, 0.25) is 5.91 Å². The molecule has 5 heteroatoms. The van der Waals surface area contributed by atoms with Gasteiger partial charge in [-0.25, -0.2) is 0 Å². The van der Waals surface area contributed by atoms with Crippen molar-refractivity contribution in [3.63, 3.8) is 0 Å². The number of likely N-dealkylation sites (N-methyl/N-ethyl adjacent to an activating group) is 1. The number of hydrogen-bond donors (Lipinski definition) is 1. The molecule has 1 aromatic carbocycles. The second-order valence-electron chi connectivity index (χ2n) is 5.82. The first-order chi connectivity index (χ1) is 9.89. The Hall–Kier alpha value is -2.04. The molecular formula is C16H23N3O2. The molecule has 1 aromatic rings. The van der Waals surface area contributed by atoms with Gasteiger partial charge in [0.15, 0.2) is 0 Å². The fourth-order valence-electron chi connectivity index (χ4n) is 2.73. The Kier molecular flexibility index (Phi) is 4.21.